The molecule has 1 aliphatic rings. The Hall–Kier alpha value is -1.76. The van der Waals surface area contributed by atoms with Crippen LogP contribution in [-0.4, -0.2) is 45.6 Å². The first kappa shape index (κ1) is 26.3. The van der Waals surface area contributed by atoms with E-state index in [-0.39, 0.29) is 6.42 Å². The lowest BCUT2D eigenvalue weighted by molar-refractivity contribution is -0.166. The molecule has 0 aliphatic carbocycles. The van der Waals surface area contributed by atoms with Gasteiger partial charge in [-0.15, -0.1) is 0 Å². The third-order valence-electron chi connectivity index (χ3n) is 5.72. The second-order valence-electron chi connectivity index (χ2n) is 8.39. The van der Waals surface area contributed by atoms with Crippen LogP contribution in [0.2, 0.25) is 0 Å². The summed E-state index contributed by atoms with van der Waals surface area (Å²) in [7, 11) is 0. The number of ether oxygens (including phenoxy) is 2. The molecule has 0 amide bonds. The summed E-state index contributed by atoms with van der Waals surface area (Å²) in [4.78, 5) is 23.1. The summed E-state index contributed by atoms with van der Waals surface area (Å²) < 4.78 is 9.81. The van der Waals surface area contributed by atoms with Crippen LogP contribution in [0.15, 0.2) is 11.5 Å². The second-order valence-corrected chi connectivity index (χ2v) is 8.39. The maximum absolute atomic E-state index is 11.8. The molecular formula is C23H40O7. The summed E-state index contributed by atoms with van der Waals surface area (Å²) in [6, 6.07) is 0. The van der Waals surface area contributed by atoms with E-state index in [4.69, 9.17) is 9.47 Å². The zero-order valence-electron chi connectivity index (χ0n) is 18.7. The van der Waals surface area contributed by atoms with Crippen LogP contribution < -0.4 is 0 Å². The van der Waals surface area contributed by atoms with Crippen LogP contribution in [0.25, 0.3) is 0 Å². The molecule has 0 saturated heterocycles. The summed E-state index contributed by atoms with van der Waals surface area (Å²) in [6.45, 7) is 3.05. The number of carbonyl (C=O) groups is 2. The van der Waals surface area contributed by atoms with Gasteiger partial charge < -0.3 is 24.8 Å². The third kappa shape index (κ3) is 8.94. The summed E-state index contributed by atoms with van der Waals surface area (Å²) in [5, 5.41) is 29.2. The number of cyclic esters (lactones) is 1. The highest BCUT2D eigenvalue weighted by Gasteiger charge is 2.50. The van der Waals surface area contributed by atoms with E-state index in [1.165, 1.54) is 71.1 Å². The molecule has 174 valence electrons. The zero-order chi connectivity index (χ0) is 22.4. The predicted octanol–water partition coefficient (Wildman–Crippen LogP) is 5.01. The van der Waals surface area contributed by atoms with Gasteiger partial charge in [-0.1, -0.05) is 84.0 Å². The molecule has 0 aromatic rings. The van der Waals surface area contributed by atoms with E-state index >= 15 is 0 Å². The Morgan fingerprint density at radius 2 is 1.40 bits per heavy atom. The average Bonchev–Trinajstić information content (AvgIpc) is 2.93. The van der Waals surface area contributed by atoms with Gasteiger partial charge in [0.15, 0.2) is 11.4 Å². The number of carbonyl (C=O) groups excluding carboxylic acids is 2. The number of unbranched alkanes of at least 4 members (excludes halogenated alkanes) is 12. The number of aliphatic hydroxyl groups is 3. The molecule has 7 nitrogen and oxygen atoms in total. The van der Waals surface area contributed by atoms with Gasteiger partial charge in [0, 0.05) is 6.42 Å². The van der Waals surface area contributed by atoms with E-state index in [0.29, 0.717) is 0 Å². The lowest BCUT2D eigenvalue weighted by Gasteiger charge is -2.28. The van der Waals surface area contributed by atoms with E-state index in [9.17, 15) is 24.9 Å². The Balaban J connectivity index is 2.00. The van der Waals surface area contributed by atoms with E-state index in [1.54, 1.807) is 0 Å². The van der Waals surface area contributed by atoms with Gasteiger partial charge in [0.2, 0.25) is 5.76 Å². The molecule has 3 N–H and O–H groups in total. The van der Waals surface area contributed by atoms with Crippen molar-refractivity contribution in [1.29, 1.82) is 0 Å². The highest BCUT2D eigenvalue weighted by atomic mass is 16.6. The normalized spacial score (nSPS) is 19.8. The highest BCUT2D eigenvalue weighted by molar-refractivity contribution is 5.89. The average molecular weight is 429 g/mol. The minimum atomic E-state index is -1.81. The molecule has 30 heavy (non-hydrogen) atoms. The van der Waals surface area contributed by atoms with E-state index in [1.807, 2.05) is 0 Å². The molecule has 0 radical (unpaired) electrons. The van der Waals surface area contributed by atoms with E-state index in [2.05, 4.69) is 6.92 Å². The van der Waals surface area contributed by atoms with Gasteiger partial charge in [-0.05, 0) is 13.3 Å². The number of hydrogen-bond acceptors (Lipinski definition) is 7. The zero-order valence-corrected chi connectivity index (χ0v) is 18.7. The summed E-state index contributed by atoms with van der Waals surface area (Å²) in [5.74, 6) is -3.26. The van der Waals surface area contributed by atoms with Crippen molar-refractivity contribution >= 4 is 11.9 Å². The quantitative estimate of drug-likeness (QED) is 0.220. The predicted molar refractivity (Wildman–Crippen MR) is 114 cm³/mol. The topological polar surface area (TPSA) is 113 Å². The van der Waals surface area contributed by atoms with Gasteiger partial charge in [0.1, 0.15) is 12.7 Å². The molecule has 0 spiro atoms. The molecule has 0 saturated carbocycles. The molecule has 0 fully saturated rings. The van der Waals surface area contributed by atoms with Crippen LogP contribution in [0.1, 0.15) is 104 Å². The van der Waals surface area contributed by atoms with E-state index < -0.39 is 41.8 Å². The van der Waals surface area contributed by atoms with Crippen molar-refractivity contribution in [2.45, 2.75) is 115 Å². The molecule has 0 bridgehead atoms. The lowest BCUT2D eigenvalue weighted by Crippen LogP contribution is -2.45. The SMILES string of the molecule is CCCCCCCCCCCCCCCC(=O)OCC(O)[C@@]1(C)OC(=O)C(O)=C1O. The van der Waals surface area contributed by atoms with Crippen molar-refractivity contribution in [3.63, 3.8) is 0 Å². The van der Waals surface area contributed by atoms with Crippen LogP contribution in [-0.2, 0) is 19.1 Å². The van der Waals surface area contributed by atoms with Gasteiger partial charge in [0.25, 0.3) is 0 Å². The first-order chi connectivity index (χ1) is 14.3. The Kier molecular flexibility index (Phi) is 12.5. The second kappa shape index (κ2) is 14.3. The molecule has 1 unspecified atom stereocenters. The van der Waals surface area contributed by atoms with Crippen molar-refractivity contribution in [2.24, 2.45) is 0 Å². The molecule has 7 heteroatoms. The van der Waals surface area contributed by atoms with Crippen LogP contribution >= 0.6 is 0 Å². The van der Waals surface area contributed by atoms with Gasteiger partial charge in [0.05, 0.1) is 0 Å². The molecule has 0 aromatic heterocycles. The van der Waals surface area contributed by atoms with Gasteiger partial charge in [-0.3, -0.25) is 4.79 Å². The number of aliphatic hydroxyl groups excluding tert-OH is 3. The van der Waals surface area contributed by atoms with Crippen molar-refractivity contribution < 1.29 is 34.4 Å². The minimum Gasteiger partial charge on any atom is -0.505 e. The summed E-state index contributed by atoms with van der Waals surface area (Å²) in [5.41, 5.74) is -1.81. The number of rotatable bonds is 17. The van der Waals surface area contributed by atoms with Crippen molar-refractivity contribution in [2.75, 3.05) is 6.61 Å². The summed E-state index contributed by atoms with van der Waals surface area (Å²) in [6.07, 6.45) is 14.7. The van der Waals surface area contributed by atoms with Gasteiger partial charge in [-0.2, -0.15) is 0 Å². The van der Waals surface area contributed by atoms with Crippen molar-refractivity contribution in [3.05, 3.63) is 11.5 Å². The maximum atomic E-state index is 11.8. The lowest BCUT2D eigenvalue weighted by atomic mass is 9.98. The number of esters is 2. The smallest absolute Gasteiger partial charge is 0.378 e. The Morgan fingerprint density at radius 3 is 1.83 bits per heavy atom. The third-order valence-corrected chi connectivity index (χ3v) is 5.72. The Morgan fingerprint density at radius 1 is 0.933 bits per heavy atom. The van der Waals surface area contributed by atoms with Crippen LogP contribution in [0.3, 0.4) is 0 Å². The standard InChI is InChI=1S/C23H40O7/c1-3-4-5-6-7-8-9-10-11-12-13-14-15-16-19(25)29-17-18(24)23(2)21(27)20(26)22(28)30-23/h18,24,26-27H,3-17H2,1-2H3/t18?,23-/m1/s1. The van der Waals surface area contributed by atoms with E-state index in [0.717, 1.165) is 19.3 Å². The maximum Gasteiger partial charge on any atom is 0.378 e. The fourth-order valence-corrected chi connectivity index (χ4v) is 3.54. The van der Waals surface area contributed by atoms with Crippen molar-refractivity contribution in [3.8, 4) is 0 Å². The Bertz CT molecular complexity index is 558. The van der Waals surface area contributed by atoms with Crippen LogP contribution in [0, 0.1) is 0 Å². The Labute approximate surface area is 180 Å². The van der Waals surface area contributed by atoms with Gasteiger partial charge in [-0.25, -0.2) is 4.79 Å². The fraction of sp³-hybridized carbons (Fsp3) is 0.826. The van der Waals surface area contributed by atoms with Crippen LogP contribution in [0.4, 0.5) is 0 Å². The van der Waals surface area contributed by atoms with Crippen molar-refractivity contribution in [1.82, 2.24) is 0 Å². The molecule has 0 aromatic carbocycles. The van der Waals surface area contributed by atoms with Crippen LogP contribution in [0.5, 0.6) is 0 Å². The summed E-state index contributed by atoms with van der Waals surface area (Å²) >= 11 is 0. The first-order valence-electron chi connectivity index (χ1n) is 11.5. The molecule has 1 aliphatic heterocycles. The van der Waals surface area contributed by atoms with Gasteiger partial charge >= 0.3 is 11.9 Å². The minimum absolute atomic E-state index is 0.258. The number of hydrogen-bond donors (Lipinski definition) is 3. The molecule has 1 rings (SSSR count). The molecule has 2 atom stereocenters. The molecule has 1 heterocycles. The monoisotopic (exact) mass is 428 g/mol. The molecular weight excluding hydrogens is 388 g/mol. The first-order valence-corrected chi connectivity index (χ1v) is 11.5. The highest BCUT2D eigenvalue weighted by Crippen LogP contribution is 2.32. The fourth-order valence-electron chi connectivity index (χ4n) is 3.54. The largest absolute Gasteiger partial charge is 0.505 e.